The third-order valence-corrected chi connectivity index (χ3v) is 3.75. The Hall–Kier alpha value is -1.15. The Morgan fingerprint density at radius 2 is 2.06 bits per heavy atom. The van der Waals surface area contributed by atoms with Crippen LogP contribution in [0.25, 0.3) is 0 Å². The molecule has 0 bridgehead atoms. The van der Waals surface area contributed by atoms with Crippen LogP contribution in [0, 0.1) is 5.82 Å². The van der Waals surface area contributed by atoms with Gasteiger partial charge in [0.05, 0.1) is 0 Å². The van der Waals surface area contributed by atoms with Crippen molar-refractivity contribution in [3.63, 3.8) is 0 Å². The minimum Gasteiger partial charge on any atom is -0.313 e. The molecule has 0 saturated heterocycles. The second-order valence-electron chi connectivity index (χ2n) is 5.02. The van der Waals surface area contributed by atoms with E-state index < -0.39 is 0 Å². The molecule has 1 aromatic carbocycles. The predicted octanol–water partition coefficient (Wildman–Crippen LogP) is 3.85. The van der Waals surface area contributed by atoms with Crippen molar-refractivity contribution in [3.05, 3.63) is 47.3 Å². The molecule has 18 heavy (non-hydrogen) atoms. The molecule has 1 atom stereocenters. The summed E-state index contributed by atoms with van der Waals surface area (Å²) in [4.78, 5) is 0. The fourth-order valence-electron chi connectivity index (χ4n) is 2.66. The van der Waals surface area contributed by atoms with Gasteiger partial charge in [0.1, 0.15) is 5.82 Å². The molecule has 1 aliphatic carbocycles. The summed E-state index contributed by atoms with van der Waals surface area (Å²) in [6, 6.07) is 7.37. The summed E-state index contributed by atoms with van der Waals surface area (Å²) in [6.07, 6.45) is 9.30. The Morgan fingerprint density at radius 3 is 2.83 bits per heavy atom. The molecule has 0 spiro atoms. The fraction of sp³-hybridized carbons (Fsp3) is 0.500. The van der Waals surface area contributed by atoms with Gasteiger partial charge in [0.15, 0.2) is 0 Å². The molecule has 1 N–H and O–H groups in total. The van der Waals surface area contributed by atoms with Gasteiger partial charge in [-0.15, -0.1) is 0 Å². The summed E-state index contributed by atoms with van der Waals surface area (Å²) in [7, 11) is 1.97. The van der Waals surface area contributed by atoms with Gasteiger partial charge in [-0.2, -0.15) is 0 Å². The third-order valence-electron chi connectivity index (χ3n) is 3.75. The van der Waals surface area contributed by atoms with Crippen molar-refractivity contribution in [3.8, 4) is 0 Å². The number of hydrogen-bond acceptors (Lipinski definition) is 1. The summed E-state index contributed by atoms with van der Waals surface area (Å²) in [5.74, 6) is -0.0908. The van der Waals surface area contributed by atoms with E-state index in [4.69, 9.17) is 0 Å². The smallest absolute Gasteiger partial charge is 0.126 e. The van der Waals surface area contributed by atoms with Crippen LogP contribution >= 0.6 is 0 Å². The van der Waals surface area contributed by atoms with Crippen molar-refractivity contribution in [1.82, 2.24) is 5.32 Å². The molecule has 0 aliphatic heterocycles. The van der Waals surface area contributed by atoms with Crippen LogP contribution in [0.2, 0.25) is 0 Å². The monoisotopic (exact) mass is 247 g/mol. The van der Waals surface area contributed by atoms with Crippen LogP contribution in [0.5, 0.6) is 0 Å². The zero-order chi connectivity index (χ0) is 12.8. The van der Waals surface area contributed by atoms with Crippen LogP contribution in [-0.2, 0) is 6.42 Å². The molecular weight excluding hydrogens is 225 g/mol. The first-order chi connectivity index (χ1) is 8.81. The van der Waals surface area contributed by atoms with Crippen molar-refractivity contribution < 1.29 is 4.39 Å². The Labute approximate surface area is 109 Å². The number of allylic oxidation sites excluding steroid dienone is 1. The van der Waals surface area contributed by atoms with Gasteiger partial charge in [0.2, 0.25) is 0 Å². The largest absolute Gasteiger partial charge is 0.313 e. The molecule has 0 heterocycles. The van der Waals surface area contributed by atoms with Crippen LogP contribution in [0.1, 0.15) is 37.7 Å². The Morgan fingerprint density at radius 1 is 1.22 bits per heavy atom. The maximum absolute atomic E-state index is 13.7. The lowest BCUT2D eigenvalue weighted by Crippen LogP contribution is -2.30. The quantitative estimate of drug-likeness (QED) is 0.797. The molecule has 0 aromatic heterocycles. The van der Waals surface area contributed by atoms with Crippen molar-refractivity contribution in [1.29, 1.82) is 0 Å². The van der Waals surface area contributed by atoms with Gasteiger partial charge >= 0.3 is 0 Å². The summed E-state index contributed by atoms with van der Waals surface area (Å²) >= 11 is 0. The van der Waals surface area contributed by atoms with E-state index in [1.165, 1.54) is 31.3 Å². The minimum atomic E-state index is -0.0908. The second kappa shape index (κ2) is 6.69. The van der Waals surface area contributed by atoms with Crippen molar-refractivity contribution in [2.75, 3.05) is 7.05 Å². The molecule has 1 nitrogen and oxygen atoms in total. The lowest BCUT2D eigenvalue weighted by Gasteiger charge is -2.20. The summed E-state index contributed by atoms with van der Waals surface area (Å²) in [5.41, 5.74) is 2.26. The van der Waals surface area contributed by atoms with Gasteiger partial charge in [-0.05, 0) is 50.8 Å². The third kappa shape index (κ3) is 3.42. The summed E-state index contributed by atoms with van der Waals surface area (Å²) < 4.78 is 13.7. The van der Waals surface area contributed by atoms with Crippen molar-refractivity contribution >= 4 is 0 Å². The van der Waals surface area contributed by atoms with Gasteiger partial charge in [0.25, 0.3) is 0 Å². The van der Waals surface area contributed by atoms with Gasteiger partial charge in [-0.25, -0.2) is 4.39 Å². The molecule has 0 amide bonds. The average molecular weight is 247 g/mol. The lowest BCUT2D eigenvalue weighted by molar-refractivity contribution is 0.562. The van der Waals surface area contributed by atoms with E-state index in [9.17, 15) is 4.39 Å². The van der Waals surface area contributed by atoms with Gasteiger partial charge in [-0.3, -0.25) is 0 Å². The van der Waals surface area contributed by atoms with Crippen molar-refractivity contribution in [2.45, 2.75) is 44.6 Å². The molecule has 1 unspecified atom stereocenters. The van der Waals surface area contributed by atoms with Crippen LogP contribution in [-0.4, -0.2) is 13.1 Å². The van der Waals surface area contributed by atoms with E-state index in [1.807, 2.05) is 19.2 Å². The average Bonchev–Trinajstić information content (AvgIpc) is 2.67. The van der Waals surface area contributed by atoms with E-state index in [-0.39, 0.29) is 11.9 Å². The van der Waals surface area contributed by atoms with Crippen LogP contribution in [0.15, 0.2) is 35.9 Å². The van der Waals surface area contributed by atoms with E-state index in [0.29, 0.717) is 0 Å². The summed E-state index contributed by atoms with van der Waals surface area (Å²) in [6.45, 7) is 0. The number of halogens is 1. The molecule has 0 saturated carbocycles. The standard InChI is InChI=1S/C16H22FN/c1-18-16(13-8-4-2-3-5-9-13)12-14-10-6-7-11-15(14)17/h6-8,10-11,16,18H,2-5,9,12H2,1H3. The first kappa shape index (κ1) is 13.3. The molecular formula is C16H22FN. The Bertz CT molecular complexity index is 411. The maximum atomic E-state index is 13.7. The highest BCUT2D eigenvalue weighted by Crippen LogP contribution is 2.22. The number of hydrogen-bond donors (Lipinski definition) is 1. The molecule has 0 radical (unpaired) electrons. The lowest BCUT2D eigenvalue weighted by atomic mass is 9.95. The van der Waals surface area contributed by atoms with Crippen LogP contribution < -0.4 is 5.32 Å². The van der Waals surface area contributed by atoms with Gasteiger partial charge in [0, 0.05) is 6.04 Å². The van der Waals surface area contributed by atoms with E-state index >= 15 is 0 Å². The minimum absolute atomic E-state index is 0.0908. The molecule has 2 heteroatoms. The SMILES string of the molecule is CNC(Cc1ccccc1F)C1=CCCCCC1. The van der Waals surface area contributed by atoms with E-state index in [2.05, 4.69) is 11.4 Å². The van der Waals surface area contributed by atoms with Crippen LogP contribution in [0.4, 0.5) is 4.39 Å². The normalized spacial score (nSPS) is 18.0. The molecule has 1 aromatic rings. The fourth-order valence-corrected chi connectivity index (χ4v) is 2.66. The Kier molecular flexibility index (Phi) is 4.94. The maximum Gasteiger partial charge on any atom is 0.126 e. The van der Waals surface area contributed by atoms with E-state index in [1.54, 1.807) is 12.1 Å². The number of benzene rings is 1. The van der Waals surface area contributed by atoms with E-state index in [0.717, 1.165) is 18.4 Å². The number of likely N-dealkylation sites (N-methyl/N-ethyl adjacent to an activating group) is 1. The molecule has 1 aliphatic rings. The topological polar surface area (TPSA) is 12.0 Å². The summed E-state index contributed by atoms with van der Waals surface area (Å²) in [5, 5.41) is 3.34. The van der Waals surface area contributed by atoms with Gasteiger partial charge < -0.3 is 5.32 Å². The van der Waals surface area contributed by atoms with Crippen molar-refractivity contribution in [2.24, 2.45) is 0 Å². The second-order valence-corrected chi connectivity index (χ2v) is 5.02. The zero-order valence-electron chi connectivity index (χ0n) is 11.1. The zero-order valence-corrected chi connectivity index (χ0v) is 11.1. The highest BCUT2D eigenvalue weighted by atomic mass is 19.1. The molecule has 0 fully saturated rings. The van der Waals surface area contributed by atoms with Crippen LogP contribution in [0.3, 0.4) is 0 Å². The number of nitrogens with one attached hydrogen (secondary N) is 1. The Balaban J connectivity index is 2.09. The highest BCUT2D eigenvalue weighted by Gasteiger charge is 2.15. The predicted molar refractivity (Wildman–Crippen MR) is 74.1 cm³/mol. The highest BCUT2D eigenvalue weighted by molar-refractivity contribution is 5.23. The molecule has 98 valence electrons. The first-order valence-electron chi connectivity index (χ1n) is 6.91. The first-order valence-corrected chi connectivity index (χ1v) is 6.91. The molecule has 2 rings (SSSR count). The number of rotatable bonds is 4. The van der Waals surface area contributed by atoms with Gasteiger partial charge in [-0.1, -0.05) is 36.3 Å².